The Hall–Kier alpha value is -2.21. The highest BCUT2D eigenvalue weighted by Gasteiger charge is 2.19. The van der Waals surface area contributed by atoms with Crippen molar-refractivity contribution in [2.24, 2.45) is 0 Å². The summed E-state index contributed by atoms with van der Waals surface area (Å²) in [5.41, 5.74) is 4.04. The second kappa shape index (κ2) is 7.58. The van der Waals surface area contributed by atoms with E-state index in [2.05, 4.69) is 44.2 Å². The van der Waals surface area contributed by atoms with Crippen LogP contribution in [0.4, 0.5) is 0 Å². The third kappa shape index (κ3) is 3.65. The van der Waals surface area contributed by atoms with Crippen molar-refractivity contribution in [3.63, 3.8) is 0 Å². The van der Waals surface area contributed by atoms with Gasteiger partial charge in [-0.2, -0.15) is 0 Å². The molecule has 2 N–H and O–H groups in total. The predicted molar refractivity (Wildman–Crippen MR) is 105 cm³/mol. The summed E-state index contributed by atoms with van der Waals surface area (Å²) in [5, 5.41) is 4.10. The van der Waals surface area contributed by atoms with Crippen molar-refractivity contribution < 1.29 is 0 Å². The summed E-state index contributed by atoms with van der Waals surface area (Å²) in [6.07, 6.45) is 3.73. The highest BCUT2D eigenvalue weighted by molar-refractivity contribution is 6.30. The van der Waals surface area contributed by atoms with Gasteiger partial charge in [-0.25, -0.2) is 4.98 Å². The van der Waals surface area contributed by atoms with Crippen molar-refractivity contribution in [2.45, 2.75) is 13.0 Å². The number of nitrogens with zero attached hydrogens (tertiary/aromatic N) is 3. The van der Waals surface area contributed by atoms with Gasteiger partial charge in [-0.3, -0.25) is 9.88 Å². The Balaban J connectivity index is 1.52. The van der Waals surface area contributed by atoms with E-state index in [1.165, 1.54) is 0 Å². The number of aromatic amines is 1. The van der Waals surface area contributed by atoms with E-state index in [9.17, 15) is 0 Å². The van der Waals surface area contributed by atoms with Gasteiger partial charge in [0.1, 0.15) is 5.82 Å². The third-order valence-corrected chi connectivity index (χ3v) is 5.13. The van der Waals surface area contributed by atoms with Gasteiger partial charge in [0.25, 0.3) is 0 Å². The number of imidazole rings is 1. The minimum atomic E-state index is 0.324. The van der Waals surface area contributed by atoms with E-state index in [1.807, 2.05) is 36.7 Å². The Morgan fingerprint density at radius 1 is 1.04 bits per heavy atom. The van der Waals surface area contributed by atoms with Crippen molar-refractivity contribution in [3.05, 3.63) is 59.5 Å². The number of halogens is 1. The van der Waals surface area contributed by atoms with Crippen molar-refractivity contribution in [1.82, 2.24) is 25.2 Å². The van der Waals surface area contributed by atoms with E-state index in [1.54, 1.807) is 0 Å². The third-order valence-electron chi connectivity index (χ3n) is 4.90. The van der Waals surface area contributed by atoms with Gasteiger partial charge < -0.3 is 10.3 Å². The van der Waals surface area contributed by atoms with Crippen LogP contribution in [0.2, 0.25) is 5.02 Å². The van der Waals surface area contributed by atoms with Gasteiger partial charge >= 0.3 is 0 Å². The summed E-state index contributed by atoms with van der Waals surface area (Å²) in [7, 11) is 0. The molecule has 3 aromatic rings. The molecule has 5 nitrogen and oxygen atoms in total. The molecular weight excluding hydrogens is 346 g/mol. The molecule has 0 aliphatic carbocycles. The molecule has 26 heavy (non-hydrogen) atoms. The standard InChI is InChI=1S/C20H22ClN5/c1-14(26-9-7-22-8-10-26)18-6-5-16(12-23-18)20-24-13-19(25-20)15-3-2-4-17(21)11-15/h2-6,11-14,22H,7-10H2,1H3,(H,24,25). The lowest BCUT2D eigenvalue weighted by Gasteiger charge is -2.32. The molecule has 1 saturated heterocycles. The Morgan fingerprint density at radius 2 is 1.88 bits per heavy atom. The molecule has 1 aliphatic heterocycles. The van der Waals surface area contributed by atoms with Crippen LogP contribution in [0.3, 0.4) is 0 Å². The number of H-pyrrole nitrogens is 1. The van der Waals surface area contributed by atoms with Crippen LogP contribution in [-0.2, 0) is 0 Å². The fourth-order valence-corrected chi connectivity index (χ4v) is 3.51. The lowest BCUT2D eigenvalue weighted by atomic mass is 10.1. The quantitative estimate of drug-likeness (QED) is 0.737. The molecule has 0 radical (unpaired) electrons. The van der Waals surface area contributed by atoms with E-state index in [0.717, 1.165) is 54.5 Å². The number of pyridine rings is 1. The van der Waals surface area contributed by atoms with Gasteiger partial charge in [0.15, 0.2) is 0 Å². The molecule has 0 saturated carbocycles. The first kappa shape index (κ1) is 17.2. The molecule has 0 spiro atoms. The fourth-order valence-electron chi connectivity index (χ4n) is 3.32. The van der Waals surface area contributed by atoms with Crippen LogP contribution in [-0.4, -0.2) is 46.0 Å². The average molecular weight is 368 g/mol. The Morgan fingerprint density at radius 3 is 2.62 bits per heavy atom. The number of rotatable bonds is 4. The van der Waals surface area contributed by atoms with Crippen LogP contribution in [0.15, 0.2) is 48.8 Å². The monoisotopic (exact) mass is 367 g/mol. The van der Waals surface area contributed by atoms with Crippen LogP contribution in [0, 0.1) is 0 Å². The summed E-state index contributed by atoms with van der Waals surface area (Å²) in [6, 6.07) is 12.3. The van der Waals surface area contributed by atoms with Crippen LogP contribution in [0.1, 0.15) is 18.7 Å². The smallest absolute Gasteiger partial charge is 0.139 e. The number of aromatic nitrogens is 3. The summed E-state index contributed by atoms with van der Waals surface area (Å²) in [4.78, 5) is 15.0. The van der Waals surface area contributed by atoms with Crippen LogP contribution in [0.5, 0.6) is 0 Å². The molecule has 1 aliphatic rings. The topological polar surface area (TPSA) is 56.8 Å². The number of hydrogen-bond acceptors (Lipinski definition) is 4. The zero-order chi connectivity index (χ0) is 17.9. The van der Waals surface area contributed by atoms with Gasteiger partial charge in [-0.1, -0.05) is 23.7 Å². The zero-order valence-electron chi connectivity index (χ0n) is 14.7. The SMILES string of the molecule is CC(c1ccc(-c2ncc(-c3cccc(Cl)c3)[nH]2)cn1)N1CCNCC1. The molecule has 6 heteroatoms. The minimum absolute atomic E-state index is 0.324. The maximum Gasteiger partial charge on any atom is 0.139 e. The Kier molecular flexibility index (Phi) is 5.02. The molecule has 1 unspecified atom stereocenters. The van der Waals surface area contributed by atoms with Gasteiger partial charge in [-0.15, -0.1) is 0 Å². The van der Waals surface area contributed by atoms with E-state index in [4.69, 9.17) is 11.6 Å². The number of hydrogen-bond donors (Lipinski definition) is 2. The van der Waals surface area contributed by atoms with Crippen LogP contribution in [0.25, 0.3) is 22.6 Å². The molecule has 0 bridgehead atoms. The number of piperazine rings is 1. The van der Waals surface area contributed by atoms with Crippen molar-refractivity contribution >= 4 is 11.6 Å². The van der Waals surface area contributed by atoms with Gasteiger partial charge in [0, 0.05) is 54.6 Å². The molecule has 0 amide bonds. The molecular formula is C20H22ClN5. The van der Waals surface area contributed by atoms with Gasteiger partial charge in [-0.05, 0) is 31.2 Å². The van der Waals surface area contributed by atoms with E-state index in [-0.39, 0.29) is 0 Å². The highest BCUT2D eigenvalue weighted by atomic mass is 35.5. The van der Waals surface area contributed by atoms with Gasteiger partial charge in [0.2, 0.25) is 0 Å². The van der Waals surface area contributed by atoms with Crippen LogP contribution >= 0.6 is 11.6 Å². The minimum Gasteiger partial charge on any atom is -0.338 e. The summed E-state index contributed by atoms with van der Waals surface area (Å²) < 4.78 is 0. The molecule has 3 heterocycles. The summed E-state index contributed by atoms with van der Waals surface area (Å²) >= 11 is 6.08. The molecule has 1 aromatic carbocycles. The average Bonchev–Trinajstić information content (AvgIpc) is 3.18. The molecule has 1 atom stereocenters. The maximum atomic E-state index is 6.08. The first-order chi connectivity index (χ1) is 12.7. The van der Waals surface area contributed by atoms with Crippen molar-refractivity contribution in [1.29, 1.82) is 0 Å². The molecule has 1 fully saturated rings. The Labute approximate surface area is 158 Å². The predicted octanol–water partition coefficient (Wildman–Crippen LogP) is 3.76. The largest absolute Gasteiger partial charge is 0.338 e. The Bertz CT molecular complexity index is 868. The molecule has 134 valence electrons. The summed E-state index contributed by atoms with van der Waals surface area (Å²) in [6.45, 7) is 6.43. The zero-order valence-corrected chi connectivity index (χ0v) is 15.5. The van der Waals surface area contributed by atoms with Crippen LogP contribution < -0.4 is 5.32 Å². The molecule has 2 aromatic heterocycles. The van der Waals surface area contributed by atoms with Gasteiger partial charge in [0.05, 0.1) is 17.6 Å². The second-order valence-corrected chi connectivity index (χ2v) is 7.03. The van der Waals surface area contributed by atoms with E-state index >= 15 is 0 Å². The maximum absolute atomic E-state index is 6.08. The number of nitrogens with one attached hydrogen (secondary N) is 2. The normalized spacial score (nSPS) is 16.5. The van der Waals surface area contributed by atoms with Crippen molar-refractivity contribution in [2.75, 3.05) is 26.2 Å². The second-order valence-electron chi connectivity index (χ2n) is 6.59. The first-order valence-electron chi connectivity index (χ1n) is 8.93. The lowest BCUT2D eigenvalue weighted by molar-refractivity contribution is 0.182. The fraction of sp³-hybridized carbons (Fsp3) is 0.300. The first-order valence-corrected chi connectivity index (χ1v) is 9.30. The van der Waals surface area contributed by atoms with E-state index < -0.39 is 0 Å². The van der Waals surface area contributed by atoms with Crippen molar-refractivity contribution in [3.8, 4) is 22.6 Å². The highest BCUT2D eigenvalue weighted by Crippen LogP contribution is 2.25. The van der Waals surface area contributed by atoms with E-state index in [0.29, 0.717) is 11.1 Å². The number of benzene rings is 1. The molecule has 4 rings (SSSR count). The summed E-state index contributed by atoms with van der Waals surface area (Å²) in [5.74, 6) is 0.814. The lowest BCUT2D eigenvalue weighted by Crippen LogP contribution is -2.44.